The first kappa shape index (κ1) is 8.18. The molecule has 11 heavy (non-hydrogen) atoms. The second-order valence-electron chi connectivity index (χ2n) is 2.78. The van der Waals surface area contributed by atoms with Crippen molar-refractivity contribution in [2.45, 2.75) is 25.7 Å². The molecular weight excluding hydrogens is 138 g/mol. The van der Waals surface area contributed by atoms with Crippen LogP contribution in [0.5, 0.6) is 0 Å². The molecule has 0 amide bonds. The van der Waals surface area contributed by atoms with Crippen LogP contribution in [0, 0.1) is 0 Å². The molecule has 0 unspecified atom stereocenters. The average Bonchev–Trinajstić information content (AvgIpc) is 2.03. The fourth-order valence-electron chi connectivity index (χ4n) is 1.09. The van der Waals surface area contributed by atoms with Crippen molar-refractivity contribution in [1.82, 2.24) is 5.32 Å². The van der Waals surface area contributed by atoms with E-state index in [4.69, 9.17) is 5.11 Å². The zero-order valence-corrected chi connectivity index (χ0v) is 6.71. The standard InChI is InChI=1S/C9H15NO/c11-9-6-4-2-1-3-5-7-10-8-9/h4,6,8,10-11H,1-3,5,7H2/b6-4-,9-8-. The van der Waals surface area contributed by atoms with E-state index >= 15 is 0 Å². The summed E-state index contributed by atoms with van der Waals surface area (Å²) in [5, 5.41) is 12.2. The topological polar surface area (TPSA) is 32.3 Å². The van der Waals surface area contributed by atoms with E-state index in [9.17, 15) is 0 Å². The SMILES string of the molecule is OC1=C\NCCCCC/C=C\1. The fraction of sp³-hybridized carbons (Fsp3) is 0.556. The van der Waals surface area contributed by atoms with Crippen LogP contribution in [0.3, 0.4) is 0 Å². The molecule has 0 saturated heterocycles. The molecule has 2 N–H and O–H groups in total. The predicted molar refractivity (Wildman–Crippen MR) is 46.3 cm³/mol. The Kier molecular flexibility index (Phi) is 3.59. The fourth-order valence-corrected chi connectivity index (χ4v) is 1.09. The van der Waals surface area contributed by atoms with Crippen LogP contribution in [0.25, 0.3) is 0 Å². The van der Waals surface area contributed by atoms with E-state index in [1.54, 1.807) is 12.3 Å². The Labute approximate surface area is 67.6 Å². The molecule has 62 valence electrons. The number of hydrogen-bond donors (Lipinski definition) is 2. The monoisotopic (exact) mass is 153 g/mol. The van der Waals surface area contributed by atoms with Gasteiger partial charge in [0.25, 0.3) is 0 Å². The summed E-state index contributed by atoms with van der Waals surface area (Å²) in [6.45, 7) is 0.970. The average molecular weight is 153 g/mol. The third-order valence-electron chi connectivity index (χ3n) is 1.73. The van der Waals surface area contributed by atoms with Gasteiger partial charge in [-0.25, -0.2) is 0 Å². The molecule has 0 fully saturated rings. The highest BCUT2D eigenvalue weighted by Crippen LogP contribution is 2.02. The molecule has 0 saturated carbocycles. The van der Waals surface area contributed by atoms with Gasteiger partial charge in [0.05, 0.1) is 0 Å². The first-order valence-electron chi connectivity index (χ1n) is 4.18. The van der Waals surface area contributed by atoms with Gasteiger partial charge in [-0.15, -0.1) is 0 Å². The summed E-state index contributed by atoms with van der Waals surface area (Å²) in [6, 6.07) is 0. The van der Waals surface area contributed by atoms with E-state index in [0.29, 0.717) is 5.76 Å². The third kappa shape index (κ3) is 3.71. The molecule has 0 aromatic heterocycles. The molecule has 1 aliphatic heterocycles. The van der Waals surface area contributed by atoms with Crippen LogP contribution in [0.15, 0.2) is 24.1 Å². The first-order chi connectivity index (χ1) is 5.39. The smallest absolute Gasteiger partial charge is 0.130 e. The summed E-state index contributed by atoms with van der Waals surface area (Å²) in [6.07, 6.45) is 10.2. The van der Waals surface area contributed by atoms with Crippen LogP contribution in [-0.2, 0) is 0 Å². The maximum absolute atomic E-state index is 9.14. The predicted octanol–water partition coefficient (Wildman–Crippen LogP) is 2.11. The van der Waals surface area contributed by atoms with Gasteiger partial charge in [-0.2, -0.15) is 0 Å². The summed E-state index contributed by atoms with van der Waals surface area (Å²) < 4.78 is 0. The first-order valence-corrected chi connectivity index (χ1v) is 4.18. The van der Waals surface area contributed by atoms with Crippen molar-refractivity contribution in [3.63, 3.8) is 0 Å². The van der Waals surface area contributed by atoms with E-state index in [0.717, 1.165) is 13.0 Å². The highest BCUT2D eigenvalue weighted by molar-refractivity contribution is 5.09. The molecule has 1 aliphatic rings. The van der Waals surface area contributed by atoms with Gasteiger partial charge in [-0.05, 0) is 25.3 Å². The lowest BCUT2D eigenvalue weighted by atomic mass is 10.2. The number of aliphatic hydroxyl groups excluding tert-OH is 1. The molecule has 0 aromatic carbocycles. The molecule has 1 rings (SSSR count). The van der Waals surface area contributed by atoms with Gasteiger partial charge < -0.3 is 10.4 Å². The molecular formula is C9H15NO. The van der Waals surface area contributed by atoms with Gasteiger partial charge in [0.2, 0.25) is 0 Å². The summed E-state index contributed by atoms with van der Waals surface area (Å²) in [7, 11) is 0. The zero-order chi connectivity index (χ0) is 7.94. The zero-order valence-electron chi connectivity index (χ0n) is 6.71. The van der Waals surface area contributed by atoms with Gasteiger partial charge in [-0.1, -0.05) is 12.5 Å². The number of hydrogen-bond acceptors (Lipinski definition) is 2. The largest absolute Gasteiger partial charge is 0.506 e. The molecule has 2 heteroatoms. The molecule has 2 nitrogen and oxygen atoms in total. The van der Waals surface area contributed by atoms with Crippen molar-refractivity contribution in [3.05, 3.63) is 24.1 Å². The van der Waals surface area contributed by atoms with E-state index < -0.39 is 0 Å². The quantitative estimate of drug-likeness (QED) is 0.558. The molecule has 0 aromatic rings. The van der Waals surface area contributed by atoms with Crippen LogP contribution in [-0.4, -0.2) is 11.7 Å². The Morgan fingerprint density at radius 2 is 2.18 bits per heavy atom. The van der Waals surface area contributed by atoms with Gasteiger partial charge in [0, 0.05) is 12.7 Å². The molecule has 0 bridgehead atoms. The number of rotatable bonds is 0. The lowest BCUT2D eigenvalue weighted by Gasteiger charge is -2.02. The van der Waals surface area contributed by atoms with Crippen LogP contribution >= 0.6 is 0 Å². The number of aliphatic hydroxyl groups is 1. The maximum atomic E-state index is 9.14. The maximum Gasteiger partial charge on any atom is 0.130 e. The van der Waals surface area contributed by atoms with E-state index in [2.05, 4.69) is 5.32 Å². The van der Waals surface area contributed by atoms with Crippen molar-refractivity contribution < 1.29 is 5.11 Å². The Bertz CT molecular complexity index is 161. The lowest BCUT2D eigenvalue weighted by molar-refractivity contribution is 0.425. The summed E-state index contributed by atoms with van der Waals surface area (Å²) in [5.74, 6) is 0.326. The summed E-state index contributed by atoms with van der Waals surface area (Å²) in [4.78, 5) is 0. The van der Waals surface area contributed by atoms with Crippen molar-refractivity contribution in [2.24, 2.45) is 0 Å². The van der Waals surface area contributed by atoms with Crippen LogP contribution in [0.1, 0.15) is 25.7 Å². The summed E-state index contributed by atoms with van der Waals surface area (Å²) in [5.41, 5.74) is 0. The van der Waals surface area contributed by atoms with Crippen molar-refractivity contribution in [1.29, 1.82) is 0 Å². The minimum atomic E-state index is 0.326. The highest BCUT2D eigenvalue weighted by atomic mass is 16.3. The second kappa shape index (κ2) is 4.83. The normalized spacial score (nSPS) is 27.8. The van der Waals surface area contributed by atoms with Gasteiger partial charge >= 0.3 is 0 Å². The Hall–Kier alpha value is -0.920. The van der Waals surface area contributed by atoms with E-state index in [1.807, 2.05) is 6.08 Å². The van der Waals surface area contributed by atoms with Crippen molar-refractivity contribution in [3.8, 4) is 0 Å². The van der Waals surface area contributed by atoms with Crippen molar-refractivity contribution in [2.75, 3.05) is 6.54 Å². The Morgan fingerprint density at radius 1 is 1.27 bits per heavy atom. The Morgan fingerprint density at radius 3 is 3.09 bits per heavy atom. The minimum Gasteiger partial charge on any atom is -0.506 e. The molecule has 0 spiro atoms. The van der Waals surface area contributed by atoms with Gasteiger partial charge in [-0.3, -0.25) is 0 Å². The van der Waals surface area contributed by atoms with E-state index in [-0.39, 0.29) is 0 Å². The lowest BCUT2D eigenvalue weighted by Crippen LogP contribution is -2.08. The molecule has 1 heterocycles. The van der Waals surface area contributed by atoms with Gasteiger partial charge in [0.15, 0.2) is 0 Å². The molecule has 0 aliphatic carbocycles. The van der Waals surface area contributed by atoms with Crippen LogP contribution in [0.2, 0.25) is 0 Å². The van der Waals surface area contributed by atoms with Crippen LogP contribution in [0.4, 0.5) is 0 Å². The minimum absolute atomic E-state index is 0.326. The van der Waals surface area contributed by atoms with Crippen molar-refractivity contribution >= 4 is 0 Å². The van der Waals surface area contributed by atoms with Crippen LogP contribution < -0.4 is 5.32 Å². The highest BCUT2D eigenvalue weighted by Gasteiger charge is 1.90. The Balaban J connectivity index is 2.40. The molecule has 0 atom stereocenters. The second-order valence-corrected chi connectivity index (χ2v) is 2.78. The number of allylic oxidation sites excluding steroid dienone is 2. The summed E-state index contributed by atoms with van der Waals surface area (Å²) >= 11 is 0. The van der Waals surface area contributed by atoms with E-state index in [1.165, 1.54) is 19.3 Å². The third-order valence-corrected chi connectivity index (χ3v) is 1.73. The van der Waals surface area contributed by atoms with Gasteiger partial charge in [0.1, 0.15) is 5.76 Å². The molecule has 0 radical (unpaired) electrons. The number of nitrogens with one attached hydrogen (secondary N) is 1.